The molecule has 1 aliphatic rings. The second-order valence-corrected chi connectivity index (χ2v) is 3.21. The standard InChI is InChI=1S/C5H6Cl2O2/c6-2-3-1-5(3,7)4(8)9/h3H,1-2H2,(H,8,9)/t3-,5+/m1/s1. The Labute approximate surface area is 62.8 Å². The molecule has 2 atom stereocenters. The summed E-state index contributed by atoms with van der Waals surface area (Å²) in [5.41, 5.74) is 0. The van der Waals surface area contributed by atoms with Gasteiger partial charge >= 0.3 is 5.97 Å². The predicted octanol–water partition coefficient (Wildman–Crippen LogP) is 1.31. The average molecular weight is 169 g/mol. The lowest BCUT2D eigenvalue weighted by atomic mass is 10.3. The second-order valence-electron chi connectivity index (χ2n) is 2.22. The molecule has 52 valence electrons. The number of hydrogen-bond acceptors (Lipinski definition) is 1. The van der Waals surface area contributed by atoms with E-state index < -0.39 is 10.8 Å². The number of hydrogen-bond donors (Lipinski definition) is 1. The van der Waals surface area contributed by atoms with Crippen molar-refractivity contribution < 1.29 is 9.90 Å². The van der Waals surface area contributed by atoms with Crippen LogP contribution in [-0.2, 0) is 4.79 Å². The fraction of sp³-hybridized carbons (Fsp3) is 0.800. The molecule has 1 aliphatic carbocycles. The molecule has 0 unspecified atom stereocenters. The summed E-state index contributed by atoms with van der Waals surface area (Å²) in [5, 5.41) is 8.42. The van der Waals surface area contributed by atoms with E-state index in [1.54, 1.807) is 0 Å². The SMILES string of the molecule is O=C(O)[C@]1(Cl)C[C@@H]1CCl. The van der Waals surface area contributed by atoms with Crippen LogP contribution in [0.2, 0.25) is 0 Å². The van der Waals surface area contributed by atoms with Crippen molar-refractivity contribution in [2.75, 3.05) is 5.88 Å². The molecule has 1 fully saturated rings. The number of carboxylic acid groups (broad SMARTS) is 1. The van der Waals surface area contributed by atoms with E-state index in [1.165, 1.54) is 0 Å². The summed E-state index contributed by atoms with van der Waals surface area (Å²) in [6, 6.07) is 0. The van der Waals surface area contributed by atoms with Crippen LogP contribution in [0.3, 0.4) is 0 Å². The second kappa shape index (κ2) is 2.03. The van der Waals surface area contributed by atoms with E-state index in [0.717, 1.165) is 0 Å². The highest BCUT2D eigenvalue weighted by Gasteiger charge is 2.58. The van der Waals surface area contributed by atoms with E-state index in [9.17, 15) is 4.79 Å². The first-order valence-corrected chi connectivity index (χ1v) is 3.51. The first kappa shape index (κ1) is 7.16. The van der Waals surface area contributed by atoms with Gasteiger partial charge in [0, 0.05) is 11.8 Å². The molecule has 0 radical (unpaired) electrons. The molecule has 1 N–H and O–H groups in total. The molecule has 9 heavy (non-hydrogen) atoms. The van der Waals surface area contributed by atoms with Crippen molar-refractivity contribution in [3.05, 3.63) is 0 Å². The molecule has 4 heteroatoms. The summed E-state index contributed by atoms with van der Waals surface area (Å²) >= 11 is 10.9. The molecule has 0 spiro atoms. The summed E-state index contributed by atoms with van der Waals surface area (Å²) in [7, 11) is 0. The van der Waals surface area contributed by atoms with E-state index in [1.807, 2.05) is 0 Å². The molecular weight excluding hydrogens is 163 g/mol. The van der Waals surface area contributed by atoms with Crippen molar-refractivity contribution in [3.8, 4) is 0 Å². The number of carboxylic acids is 1. The fourth-order valence-electron chi connectivity index (χ4n) is 0.738. The van der Waals surface area contributed by atoms with Gasteiger partial charge in [-0.1, -0.05) is 0 Å². The average Bonchev–Trinajstić information content (AvgIpc) is 2.44. The summed E-state index contributed by atoms with van der Waals surface area (Å²) in [5.74, 6) is -0.636. The maximum atomic E-state index is 10.3. The minimum Gasteiger partial charge on any atom is -0.480 e. The first-order chi connectivity index (χ1) is 4.11. The Morgan fingerprint density at radius 3 is 2.56 bits per heavy atom. The minimum absolute atomic E-state index is 0.0293. The van der Waals surface area contributed by atoms with Crippen LogP contribution in [0, 0.1) is 5.92 Å². The Kier molecular flexibility index (Phi) is 1.61. The third-order valence-corrected chi connectivity index (χ3v) is 2.57. The normalized spacial score (nSPS) is 40.4. The highest BCUT2D eigenvalue weighted by atomic mass is 35.5. The van der Waals surface area contributed by atoms with Gasteiger partial charge in [-0.3, -0.25) is 4.79 Å². The van der Waals surface area contributed by atoms with E-state index in [2.05, 4.69) is 0 Å². The first-order valence-electron chi connectivity index (χ1n) is 2.59. The predicted molar refractivity (Wildman–Crippen MR) is 35.0 cm³/mol. The molecule has 1 saturated carbocycles. The fourth-order valence-corrected chi connectivity index (χ4v) is 1.45. The zero-order valence-corrected chi connectivity index (χ0v) is 6.11. The zero-order chi connectivity index (χ0) is 7.07. The topological polar surface area (TPSA) is 37.3 Å². The van der Waals surface area contributed by atoms with Crippen molar-refractivity contribution >= 4 is 29.2 Å². The zero-order valence-electron chi connectivity index (χ0n) is 4.60. The van der Waals surface area contributed by atoms with E-state index in [4.69, 9.17) is 28.3 Å². The maximum absolute atomic E-state index is 10.3. The summed E-state index contributed by atoms with van der Waals surface area (Å²) in [6.07, 6.45) is 0.507. The van der Waals surface area contributed by atoms with Gasteiger partial charge in [-0.25, -0.2) is 0 Å². The lowest BCUT2D eigenvalue weighted by Crippen LogP contribution is -2.17. The van der Waals surface area contributed by atoms with E-state index in [0.29, 0.717) is 12.3 Å². The third kappa shape index (κ3) is 1.01. The van der Waals surface area contributed by atoms with Gasteiger partial charge in [0.05, 0.1) is 0 Å². The van der Waals surface area contributed by atoms with Crippen molar-refractivity contribution in [2.24, 2.45) is 5.92 Å². The van der Waals surface area contributed by atoms with Gasteiger partial charge in [0.2, 0.25) is 0 Å². The van der Waals surface area contributed by atoms with Gasteiger partial charge in [0.1, 0.15) is 4.87 Å². The van der Waals surface area contributed by atoms with Crippen LogP contribution in [0.25, 0.3) is 0 Å². The quantitative estimate of drug-likeness (QED) is 0.632. The van der Waals surface area contributed by atoms with Crippen LogP contribution >= 0.6 is 23.2 Å². The number of aliphatic carboxylic acids is 1. The lowest BCUT2D eigenvalue weighted by Gasteiger charge is -1.97. The van der Waals surface area contributed by atoms with Gasteiger partial charge in [-0.2, -0.15) is 0 Å². The monoisotopic (exact) mass is 168 g/mol. The number of rotatable bonds is 2. The Bertz CT molecular complexity index is 148. The Morgan fingerprint density at radius 2 is 2.44 bits per heavy atom. The van der Waals surface area contributed by atoms with Crippen LogP contribution in [0.15, 0.2) is 0 Å². The highest BCUT2D eigenvalue weighted by molar-refractivity contribution is 6.37. The van der Waals surface area contributed by atoms with Gasteiger partial charge in [0.15, 0.2) is 0 Å². The Morgan fingerprint density at radius 1 is 1.89 bits per heavy atom. The van der Waals surface area contributed by atoms with Crippen molar-refractivity contribution in [2.45, 2.75) is 11.3 Å². The maximum Gasteiger partial charge on any atom is 0.325 e. The van der Waals surface area contributed by atoms with Gasteiger partial charge in [-0.15, -0.1) is 23.2 Å². The molecule has 0 amide bonds. The summed E-state index contributed by atoms with van der Waals surface area (Å²) in [6.45, 7) is 0. The Hall–Kier alpha value is 0.0500. The summed E-state index contributed by atoms with van der Waals surface area (Å²) in [4.78, 5) is 9.24. The molecule has 0 aromatic carbocycles. The van der Waals surface area contributed by atoms with Crippen LogP contribution in [-0.4, -0.2) is 21.8 Å². The summed E-state index contributed by atoms with van der Waals surface area (Å²) < 4.78 is 0. The molecule has 1 rings (SSSR count). The molecule has 0 bridgehead atoms. The molecule has 0 saturated heterocycles. The Balaban J connectivity index is 2.52. The van der Waals surface area contributed by atoms with Crippen LogP contribution in [0.1, 0.15) is 6.42 Å². The van der Waals surface area contributed by atoms with E-state index >= 15 is 0 Å². The lowest BCUT2D eigenvalue weighted by molar-refractivity contribution is -0.137. The third-order valence-electron chi connectivity index (χ3n) is 1.57. The van der Waals surface area contributed by atoms with Crippen LogP contribution in [0.5, 0.6) is 0 Å². The van der Waals surface area contributed by atoms with Crippen molar-refractivity contribution in [1.82, 2.24) is 0 Å². The molecule has 0 aliphatic heterocycles. The molecule has 0 aromatic rings. The molecule has 2 nitrogen and oxygen atoms in total. The highest BCUT2D eigenvalue weighted by Crippen LogP contribution is 2.50. The van der Waals surface area contributed by atoms with Gasteiger partial charge < -0.3 is 5.11 Å². The number of alkyl halides is 2. The molecular formula is C5H6Cl2O2. The van der Waals surface area contributed by atoms with Crippen molar-refractivity contribution in [3.63, 3.8) is 0 Å². The van der Waals surface area contributed by atoms with E-state index in [-0.39, 0.29) is 5.92 Å². The molecule has 0 aromatic heterocycles. The largest absolute Gasteiger partial charge is 0.480 e. The smallest absolute Gasteiger partial charge is 0.325 e. The number of halogens is 2. The van der Waals surface area contributed by atoms with Crippen molar-refractivity contribution in [1.29, 1.82) is 0 Å². The van der Waals surface area contributed by atoms with Crippen LogP contribution < -0.4 is 0 Å². The van der Waals surface area contributed by atoms with Gasteiger partial charge in [0.25, 0.3) is 0 Å². The number of carbonyl (C=O) groups is 1. The minimum atomic E-state index is -1.03. The van der Waals surface area contributed by atoms with Crippen LogP contribution in [0.4, 0.5) is 0 Å². The molecule has 0 heterocycles. The van der Waals surface area contributed by atoms with Gasteiger partial charge in [-0.05, 0) is 6.42 Å².